The molecule has 2 aromatic carbocycles. The van der Waals surface area contributed by atoms with E-state index in [4.69, 9.17) is 5.73 Å². The van der Waals surface area contributed by atoms with Crippen molar-refractivity contribution in [3.05, 3.63) is 54.1 Å². The van der Waals surface area contributed by atoms with E-state index in [1.54, 1.807) is 0 Å². The lowest BCUT2D eigenvalue weighted by molar-refractivity contribution is -0.115. The second-order valence-corrected chi connectivity index (χ2v) is 6.42. The number of hydrogen-bond donors (Lipinski definition) is 2. The molecule has 1 amide bonds. The molecule has 0 spiro atoms. The van der Waals surface area contributed by atoms with E-state index >= 15 is 0 Å². The first-order chi connectivity index (χ1) is 11.7. The first kappa shape index (κ1) is 16.4. The zero-order chi connectivity index (χ0) is 16.8. The Morgan fingerprint density at radius 1 is 1.00 bits per heavy atom. The van der Waals surface area contributed by atoms with Gasteiger partial charge in [-0.2, -0.15) is 0 Å². The van der Waals surface area contributed by atoms with Crippen LogP contribution in [0.15, 0.2) is 48.5 Å². The topological polar surface area (TPSA) is 58.4 Å². The van der Waals surface area contributed by atoms with Crippen LogP contribution in [0.3, 0.4) is 0 Å². The van der Waals surface area contributed by atoms with E-state index in [-0.39, 0.29) is 5.91 Å². The Morgan fingerprint density at radius 2 is 1.71 bits per heavy atom. The largest absolute Gasteiger partial charge is 0.399 e. The standard InChI is InChI=1S/C20H25N3O/c21-17-10-8-16(9-11-17)14-20(24)22-18-6-5-7-19(15-18)23-12-3-1-2-4-13-23/h5-11,15H,1-4,12-14,21H2,(H,22,24). The number of nitrogens with two attached hydrogens (primary N) is 1. The van der Waals surface area contributed by atoms with Crippen LogP contribution in [0.2, 0.25) is 0 Å². The lowest BCUT2D eigenvalue weighted by Crippen LogP contribution is -2.24. The number of nitrogen functional groups attached to an aromatic ring is 1. The van der Waals surface area contributed by atoms with Gasteiger partial charge < -0.3 is 16.0 Å². The van der Waals surface area contributed by atoms with Crippen molar-refractivity contribution in [2.24, 2.45) is 0 Å². The van der Waals surface area contributed by atoms with Crippen LogP contribution in [-0.2, 0) is 11.2 Å². The maximum atomic E-state index is 12.3. The lowest BCUT2D eigenvalue weighted by atomic mass is 10.1. The van der Waals surface area contributed by atoms with E-state index in [0.717, 1.165) is 24.3 Å². The first-order valence-electron chi connectivity index (χ1n) is 8.70. The fourth-order valence-electron chi connectivity index (χ4n) is 3.14. The van der Waals surface area contributed by atoms with Crippen LogP contribution >= 0.6 is 0 Å². The van der Waals surface area contributed by atoms with Crippen LogP contribution in [0.5, 0.6) is 0 Å². The fraction of sp³-hybridized carbons (Fsp3) is 0.350. The molecule has 0 bridgehead atoms. The van der Waals surface area contributed by atoms with E-state index in [2.05, 4.69) is 22.3 Å². The van der Waals surface area contributed by atoms with Crippen molar-refractivity contribution >= 4 is 23.0 Å². The lowest BCUT2D eigenvalue weighted by Gasteiger charge is -2.23. The van der Waals surface area contributed by atoms with Gasteiger partial charge in [0.25, 0.3) is 0 Å². The molecule has 0 unspecified atom stereocenters. The summed E-state index contributed by atoms with van der Waals surface area (Å²) in [4.78, 5) is 14.7. The van der Waals surface area contributed by atoms with Crippen LogP contribution in [-0.4, -0.2) is 19.0 Å². The first-order valence-corrected chi connectivity index (χ1v) is 8.70. The normalized spacial score (nSPS) is 14.9. The summed E-state index contributed by atoms with van der Waals surface area (Å²) in [5, 5.41) is 3.00. The smallest absolute Gasteiger partial charge is 0.228 e. The molecular formula is C20H25N3O. The predicted octanol–water partition coefficient (Wildman–Crippen LogP) is 3.83. The van der Waals surface area contributed by atoms with Crippen molar-refractivity contribution in [1.29, 1.82) is 0 Å². The number of carbonyl (C=O) groups excluding carboxylic acids is 1. The summed E-state index contributed by atoms with van der Waals surface area (Å²) in [5.41, 5.74) is 9.41. The molecule has 0 aromatic heterocycles. The Labute approximate surface area is 143 Å². The van der Waals surface area contributed by atoms with Gasteiger partial charge in [-0.25, -0.2) is 0 Å². The number of anilines is 3. The van der Waals surface area contributed by atoms with Crippen LogP contribution in [0, 0.1) is 0 Å². The molecule has 4 nitrogen and oxygen atoms in total. The minimum absolute atomic E-state index is 0.00668. The van der Waals surface area contributed by atoms with Gasteiger partial charge in [0, 0.05) is 30.2 Å². The van der Waals surface area contributed by atoms with Gasteiger partial charge in [0.05, 0.1) is 6.42 Å². The third-order valence-corrected chi connectivity index (χ3v) is 4.45. The molecule has 3 N–H and O–H groups in total. The summed E-state index contributed by atoms with van der Waals surface area (Å²) >= 11 is 0. The summed E-state index contributed by atoms with van der Waals surface area (Å²) in [6.07, 6.45) is 5.47. The molecule has 0 saturated carbocycles. The van der Waals surface area contributed by atoms with E-state index in [9.17, 15) is 4.79 Å². The zero-order valence-electron chi connectivity index (χ0n) is 14.0. The number of nitrogens with one attached hydrogen (secondary N) is 1. The van der Waals surface area contributed by atoms with Gasteiger partial charge in [0.1, 0.15) is 0 Å². The SMILES string of the molecule is Nc1ccc(CC(=O)Nc2cccc(N3CCCCCC3)c2)cc1. The highest BCUT2D eigenvalue weighted by Gasteiger charge is 2.11. The molecule has 3 rings (SSSR count). The quantitative estimate of drug-likeness (QED) is 0.841. The van der Waals surface area contributed by atoms with Crippen molar-refractivity contribution in [1.82, 2.24) is 0 Å². The third kappa shape index (κ3) is 4.51. The van der Waals surface area contributed by atoms with Crippen LogP contribution in [0.1, 0.15) is 31.2 Å². The Kier molecular flexibility index (Phi) is 5.36. The number of benzene rings is 2. The highest BCUT2D eigenvalue weighted by Crippen LogP contribution is 2.23. The molecule has 126 valence electrons. The average Bonchev–Trinajstić information content (AvgIpc) is 2.86. The maximum absolute atomic E-state index is 12.3. The summed E-state index contributed by atoms with van der Waals surface area (Å²) in [7, 11) is 0. The monoisotopic (exact) mass is 323 g/mol. The summed E-state index contributed by atoms with van der Waals surface area (Å²) < 4.78 is 0. The molecule has 1 fully saturated rings. The molecule has 1 aliphatic heterocycles. The minimum Gasteiger partial charge on any atom is -0.399 e. The molecule has 1 saturated heterocycles. The number of nitrogens with zero attached hydrogens (tertiary/aromatic N) is 1. The minimum atomic E-state index is -0.00668. The highest BCUT2D eigenvalue weighted by atomic mass is 16.1. The van der Waals surface area contributed by atoms with Crippen molar-refractivity contribution in [2.45, 2.75) is 32.1 Å². The third-order valence-electron chi connectivity index (χ3n) is 4.45. The predicted molar refractivity (Wildman–Crippen MR) is 100 cm³/mol. The van der Waals surface area contributed by atoms with Gasteiger partial charge in [-0.15, -0.1) is 0 Å². The summed E-state index contributed by atoms with van der Waals surface area (Å²) in [6.45, 7) is 2.20. The second kappa shape index (κ2) is 7.86. The fourth-order valence-corrected chi connectivity index (χ4v) is 3.14. The van der Waals surface area contributed by atoms with Gasteiger partial charge in [0.2, 0.25) is 5.91 Å². The Morgan fingerprint density at radius 3 is 2.42 bits per heavy atom. The van der Waals surface area contributed by atoms with Crippen molar-refractivity contribution in [3.8, 4) is 0 Å². The molecule has 0 radical (unpaired) electrons. The number of hydrogen-bond acceptors (Lipinski definition) is 3. The van der Waals surface area contributed by atoms with E-state index in [1.165, 1.54) is 31.4 Å². The van der Waals surface area contributed by atoms with Gasteiger partial charge >= 0.3 is 0 Å². The molecule has 4 heteroatoms. The molecule has 24 heavy (non-hydrogen) atoms. The zero-order valence-corrected chi connectivity index (χ0v) is 14.0. The van der Waals surface area contributed by atoms with Crippen molar-refractivity contribution in [2.75, 3.05) is 29.0 Å². The number of amides is 1. The number of carbonyl (C=O) groups is 1. The van der Waals surface area contributed by atoms with Gasteiger partial charge in [-0.3, -0.25) is 4.79 Å². The van der Waals surface area contributed by atoms with Gasteiger partial charge in [-0.1, -0.05) is 31.0 Å². The molecule has 1 aliphatic rings. The molecular weight excluding hydrogens is 298 g/mol. The van der Waals surface area contributed by atoms with Crippen molar-refractivity contribution < 1.29 is 4.79 Å². The van der Waals surface area contributed by atoms with Crippen LogP contribution < -0.4 is 16.0 Å². The van der Waals surface area contributed by atoms with Crippen molar-refractivity contribution in [3.63, 3.8) is 0 Å². The van der Waals surface area contributed by atoms with E-state index in [0.29, 0.717) is 12.1 Å². The molecule has 1 heterocycles. The Bertz CT molecular complexity index is 674. The Hall–Kier alpha value is -2.49. The highest BCUT2D eigenvalue weighted by molar-refractivity contribution is 5.92. The van der Waals surface area contributed by atoms with Crippen LogP contribution in [0.4, 0.5) is 17.1 Å². The van der Waals surface area contributed by atoms with Crippen LogP contribution in [0.25, 0.3) is 0 Å². The van der Waals surface area contributed by atoms with Gasteiger partial charge in [0.15, 0.2) is 0 Å². The molecule has 2 aromatic rings. The summed E-state index contributed by atoms with van der Waals surface area (Å²) in [5.74, 6) is -0.00668. The van der Waals surface area contributed by atoms with E-state index in [1.807, 2.05) is 36.4 Å². The molecule has 0 aliphatic carbocycles. The molecule has 0 atom stereocenters. The second-order valence-electron chi connectivity index (χ2n) is 6.42. The van der Waals surface area contributed by atoms with Gasteiger partial charge in [-0.05, 0) is 48.7 Å². The number of rotatable bonds is 4. The van der Waals surface area contributed by atoms with E-state index < -0.39 is 0 Å². The summed E-state index contributed by atoms with van der Waals surface area (Å²) in [6, 6.07) is 15.6. The average molecular weight is 323 g/mol. The Balaban J connectivity index is 1.63. The maximum Gasteiger partial charge on any atom is 0.228 e.